The molecule has 0 aliphatic heterocycles. The summed E-state index contributed by atoms with van der Waals surface area (Å²) in [4.78, 5) is 33.2. The third-order valence-corrected chi connectivity index (χ3v) is 3.98. The number of nitrogens with zero attached hydrogens (tertiary/aromatic N) is 2. The van der Waals surface area contributed by atoms with Gasteiger partial charge in [0, 0.05) is 23.8 Å². The third kappa shape index (κ3) is 4.01. The molecule has 0 saturated heterocycles. The lowest BCUT2D eigenvalue weighted by molar-refractivity contribution is -0.384. The quantitative estimate of drug-likeness (QED) is 0.259. The highest BCUT2D eigenvalue weighted by Gasteiger charge is 2.18. The van der Waals surface area contributed by atoms with Gasteiger partial charge < -0.3 is 4.42 Å². The first-order valence-electron chi connectivity index (χ1n) is 8.17. The number of furan rings is 1. The molecule has 0 fully saturated rings. The summed E-state index contributed by atoms with van der Waals surface area (Å²) in [5, 5.41) is 22.1. The Morgan fingerprint density at radius 1 is 1.00 bits per heavy atom. The van der Waals surface area contributed by atoms with Gasteiger partial charge in [0.1, 0.15) is 11.5 Å². The number of hydrogen-bond donors (Lipinski definition) is 0. The zero-order chi connectivity index (χ0) is 20.3. The molecule has 0 radical (unpaired) electrons. The molecule has 1 heterocycles. The maximum absolute atomic E-state index is 12.2. The van der Waals surface area contributed by atoms with Crippen LogP contribution < -0.4 is 0 Å². The molecule has 3 rings (SSSR count). The Balaban J connectivity index is 1.84. The molecular weight excluding hydrogens is 364 g/mol. The van der Waals surface area contributed by atoms with Gasteiger partial charge in [-0.3, -0.25) is 25.0 Å². The van der Waals surface area contributed by atoms with Crippen LogP contribution in [0.1, 0.15) is 21.7 Å². The van der Waals surface area contributed by atoms with Crippen molar-refractivity contribution in [2.24, 2.45) is 0 Å². The van der Waals surface area contributed by atoms with Crippen LogP contribution in [-0.4, -0.2) is 15.6 Å². The summed E-state index contributed by atoms with van der Waals surface area (Å²) >= 11 is 0. The summed E-state index contributed by atoms with van der Waals surface area (Å²) in [5.74, 6) is 0.195. The highest BCUT2D eigenvalue weighted by atomic mass is 16.6. The Morgan fingerprint density at radius 2 is 1.79 bits per heavy atom. The van der Waals surface area contributed by atoms with Crippen LogP contribution in [-0.2, 0) is 0 Å². The largest absolute Gasteiger partial charge is 0.456 e. The standard InChI is InChI=1S/C20H14N2O6/c1-13-5-8-17(18(11-13)22(26)27)20-10-7-16(28-20)6-9-19(23)14-3-2-4-15(12-14)21(24)25/h2-12H,1H3. The number of benzene rings is 2. The number of carbonyl (C=O) groups is 1. The van der Waals surface area contributed by atoms with E-state index in [1.165, 1.54) is 42.5 Å². The van der Waals surface area contributed by atoms with E-state index < -0.39 is 15.6 Å². The van der Waals surface area contributed by atoms with Crippen LogP contribution in [0.2, 0.25) is 0 Å². The molecule has 8 heteroatoms. The second kappa shape index (κ2) is 7.67. The van der Waals surface area contributed by atoms with Crippen molar-refractivity contribution >= 4 is 23.2 Å². The Bertz CT molecular complexity index is 1110. The third-order valence-electron chi connectivity index (χ3n) is 3.98. The first-order chi connectivity index (χ1) is 13.3. The number of hydrogen-bond acceptors (Lipinski definition) is 6. The van der Waals surface area contributed by atoms with Gasteiger partial charge in [-0.25, -0.2) is 0 Å². The number of aryl methyl sites for hydroxylation is 1. The minimum absolute atomic E-state index is 0.0717. The zero-order valence-electron chi connectivity index (χ0n) is 14.7. The first-order valence-corrected chi connectivity index (χ1v) is 8.17. The normalized spacial score (nSPS) is 10.9. The van der Waals surface area contributed by atoms with Crippen LogP contribution in [0.4, 0.5) is 11.4 Å². The topological polar surface area (TPSA) is 116 Å². The Labute approximate surface area is 159 Å². The molecule has 0 aliphatic rings. The number of nitro groups is 2. The summed E-state index contributed by atoms with van der Waals surface area (Å²) in [6.45, 7) is 1.76. The van der Waals surface area contributed by atoms with Crippen LogP contribution in [0, 0.1) is 27.2 Å². The van der Waals surface area contributed by atoms with Crippen molar-refractivity contribution in [1.82, 2.24) is 0 Å². The van der Waals surface area contributed by atoms with E-state index in [9.17, 15) is 25.0 Å². The minimum Gasteiger partial charge on any atom is -0.456 e. The monoisotopic (exact) mass is 378 g/mol. The van der Waals surface area contributed by atoms with E-state index in [4.69, 9.17) is 4.42 Å². The number of non-ortho nitro benzene ring substituents is 1. The summed E-state index contributed by atoms with van der Waals surface area (Å²) in [6.07, 6.45) is 2.63. The minimum atomic E-state index is -0.576. The van der Waals surface area contributed by atoms with Gasteiger partial charge in [-0.05, 0) is 42.8 Å². The smallest absolute Gasteiger partial charge is 0.280 e. The van der Waals surface area contributed by atoms with Crippen LogP contribution in [0.25, 0.3) is 17.4 Å². The van der Waals surface area contributed by atoms with Crippen LogP contribution in [0.15, 0.2) is 65.1 Å². The Hall–Kier alpha value is -4.07. The number of carbonyl (C=O) groups excluding carboxylic acids is 1. The highest BCUT2D eigenvalue weighted by molar-refractivity contribution is 6.07. The molecule has 0 N–H and O–H groups in total. The van der Waals surface area contributed by atoms with Gasteiger partial charge in [0.2, 0.25) is 0 Å². The summed E-state index contributed by atoms with van der Waals surface area (Å²) < 4.78 is 5.60. The molecule has 1 aromatic heterocycles. The van der Waals surface area contributed by atoms with E-state index >= 15 is 0 Å². The molecule has 28 heavy (non-hydrogen) atoms. The molecule has 0 amide bonds. The van der Waals surface area contributed by atoms with Crippen molar-refractivity contribution in [2.75, 3.05) is 0 Å². The summed E-state index contributed by atoms with van der Waals surface area (Å²) in [6, 6.07) is 13.4. The van der Waals surface area contributed by atoms with E-state index in [1.807, 2.05) is 0 Å². The molecular formula is C20H14N2O6. The lowest BCUT2D eigenvalue weighted by Gasteiger charge is -2.01. The van der Waals surface area contributed by atoms with E-state index in [-0.39, 0.29) is 16.9 Å². The van der Waals surface area contributed by atoms with Crippen molar-refractivity contribution in [2.45, 2.75) is 6.92 Å². The SMILES string of the molecule is Cc1ccc(-c2ccc(C=CC(=O)c3cccc([N+](=O)[O-])c3)o2)c([N+](=O)[O-])c1. The molecule has 0 atom stereocenters. The maximum Gasteiger partial charge on any atom is 0.280 e. The molecule has 0 aliphatic carbocycles. The van der Waals surface area contributed by atoms with Gasteiger partial charge in [0.25, 0.3) is 11.4 Å². The van der Waals surface area contributed by atoms with Crippen molar-refractivity contribution in [3.63, 3.8) is 0 Å². The van der Waals surface area contributed by atoms with Gasteiger partial charge in [0.05, 0.1) is 15.4 Å². The predicted molar refractivity (Wildman–Crippen MR) is 102 cm³/mol. The van der Waals surface area contributed by atoms with Crippen molar-refractivity contribution in [3.8, 4) is 11.3 Å². The van der Waals surface area contributed by atoms with Gasteiger partial charge >= 0.3 is 0 Å². The zero-order valence-corrected chi connectivity index (χ0v) is 14.7. The number of nitro benzene ring substituents is 2. The van der Waals surface area contributed by atoms with E-state index in [0.717, 1.165) is 5.56 Å². The lowest BCUT2D eigenvalue weighted by Crippen LogP contribution is -1.96. The number of rotatable bonds is 6. The Kier molecular flexibility index (Phi) is 5.12. The average molecular weight is 378 g/mol. The van der Waals surface area contributed by atoms with Crippen LogP contribution in [0.3, 0.4) is 0 Å². The van der Waals surface area contributed by atoms with Crippen molar-refractivity contribution < 1.29 is 19.1 Å². The van der Waals surface area contributed by atoms with E-state index in [0.29, 0.717) is 17.1 Å². The van der Waals surface area contributed by atoms with Gasteiger partial charge in [-0.2, -0.15) is 0 Å². The number of allylic oxidation sites excluding steroid dienone is 1. The van der Waals surface area contributed by atoms with E-state index in [2.05, 4.69) is 0 Å². The van der Waals surface area contributed by atoms with Crippen LogP contribution >= 0.6 is 0 Å². The summed E-state index contributed by atoms with van der Waals surface area (Å²) in [7, 11) is 0. The second-order valence-electron chi connectivity index (χ2n) is 5.98. The van der Waals surface area contributed by atoms with Crippen molar-refractivity contribution in [3.05, 3.63) is 97.8 Å². The molecule has 3 aromatic rings. The number of ketones is 1. The maximum atomic E-state index is 12.2. The lowest BCUT2D eigenvalue weighted by atomic mass is 10.1. The fourth-order valence-corrected chi connectivity index (χ4v) is 2.62. The average Bonchev–Trinajstić information content (AvgIpc) is 3.14. The fraction of sp³-hybridized carbons (Fsp3) is 0.0500. The molecule has 0 unspecified atom stereocenters. The predicted octanol–water partition coefficient (Wildman–Crippen LogP) is 4.97. The van der Waals surface area contributed by atoms with Crippen molar-refractivity contribution in [1.29, 1.82) is 0 Å². The van der Waals surface area contributed by atoms with Gasteiger partial charge in [-0.1, -0.05) is 18.2 Å². The van der Waals surface area contributed by atoms with Crippen LogP contribution in [0.5, 0.6) is 0 Å². The summed E-state index contributed by atoms with van der Waals surface area (Å²) in [5.41, 5.74) is 1.01. The molecule has 8 nitrogen and oxygen atoms in total. The van der Waals surface area contributed by atoms with Gasteiger partial charge in [0.15, 0.2) is 5.78 Å². The van der Waals surface area contributed by atoms with Gasteiger partial charge in [-0.15, -0.1) is 0 Å². The highest BCUT2D eigenvalue weighted by Crippen LogP contribution is 2.32. The van der Waals surface area contributed by atoms with E-state index in [1.54, 1.807) is 31.2 Å². The fourth-order valence-electron chi connectivity index (χ4n) is 2.62. The first kappa shape index (κ1) is 18.7. The Morgan fingerprint density at radius 3 is 2.50 bits per heavy atom. The second-order valence-corrected chi connectivity index (χ2v) is 5.98. The molecule has 0 saturated carbocycles. The molecule has 2 aromatic carbocycles. The molecule has 140 valence electrons. The molecule has 0 bridgehead atoms. The molecule has 0 spiro atoms.